The Kier molecular flexibility index (Phi) is 7.28. The molecule has 36 heavy (non-hydrogen) atoms. The second-order valence-electron chi connectivity index (χ2n) is 10.3. The van der Waals surface area contributed by atoms with Gasteiger partial charge in [-0.25, -0.2) is 0 Å². The van der Waals surface area contributed by atoms with Gasteiger partial charge in [-0.15, -0.1) is 0 Å². The third-order valence-corrected chi connectivity index (χ3v) is 7.79. The minimum absolute atomic E-state index is 0.170. The minimum Gasteiger partial charge on any atom is -0.369 e. The fraction of sp³-hybridized carbons (Fsp3) is 0.387. The van der Waals surface area contributed by atoms with Crippen molar-refractivity contribution in [1.82, 2.24) is 9.80 Å². The van der Waals surface area contributed by atoms with Crippen molar-refractivity contribution in [2.75, 3.05) is 62.2 Å². The summed E-state index contributed by atoms with van der Waals surface area (Å²) in [4.78, 5) is 22.9. The topological polar surface area (TPSA) is 30.0 Å². The second-order valence-corrected chi connectivity index (χ2v) is 10.3. The molecule has 1 amide bonds. The molecule has 0 radical (unpaired) electrons. The van der Waals surface area contributed by atoms with Crippen LogP contribution in [-0.4, -0.2) is 68.1 Å². The lowest BCUT2D eigenvalue weighted by molar-refractivity contribution is 0.0746. The minimum atomic E-state index is 0.170. The highest BCUT2D eigenvalue weighted by molar-refractivity contribution is 5.96. The number of carbonyl (C=O) groups excluding carboxylic acids is 1. The van der Waals surface area contributed by atoms with Gasteiger partial charge in [-0.1, -0.05) is 48.5 Å². The number of nitrogens with zero attached hydrogens (tertiary/aromatic N) is 4. The number of aryl methyl sites for hydroxylation is 3. The Morgan fingerprint density at radius 1 is 0.639 bits per heavy atom. The van der Waals surface area contributed by atoms with Crippen LogP contribution in [-0.2, 0) is 6.54 Å². The normalized spacial score (nSPS) is 16.9. The van der Waals surface area contributed by atoms with E-state index in [4.69, 9.17) is 0 Å². The number of rotatable bonds is 5. The fourth-order valence-corrected chi connectivity index (χ4v) is 5.56. The third kappa shape index (κ3) is 5.26. The smallest absolute Gasteiger partial charge is 0.254 e. The molecule has 0 aliphatic carbocycles. The Hall–Kier alpha value is -3.31. The van der Waals surface area contributed by atoms with Gasteiger partial charge in [0.1, 0.15) is 0 Å². The lowest BCUT2D eigenvalue weighted by atomic mass is 10.0. The molecule has 188 valence electrons. The molecule has 2 saturated heterocycles. The zero-order valence-corrected chi connectivity index (χ0v) is 21.9. The SMILES string of the molecule is Cc1ccc(CN2CCN(c3ccccc3C)CC2)cc1C(=O)N1CCN(c2ccccc2C)CC1. The monoisotopic (exact) mass is 482 g/mol. The van der Waals surface area contributed by atoms with Crippen LogP contribution in [0.1, 0.15) is 32.6 Å². The van der Waals surface area contributed by atoms with Crippen molar-refractivity contribution >= 4 is 17.3 Å². The van der Waals surface area contributed by atoms with E-state index in [1.54, 1.807) is 0 Å². The van der Waals surface area contributed by atoms with E-state index in [9.17, 15) is 4.79 Å². The Morgan fingerprint density at radius 2 is 1.17 bits per heavy atom. The molecule has 2 fully saturated rings. The van der Waals surface area contributed by atoms with Crippen LogP contribution >= 0.6 is 0 Å². The summed E-state index contributed by atoms with van der Waals surface area (Å²) in [7, 11) is 0. The van der Waals surface area contributed by atoms with E-state index in [1.165, 1.54) is 28.1 Å². The number of piperazine rings is 2. The highest BCUT2D eigenvalue weighted by Crippen LogP contribution is 2.24. The van der Waals surface area contributed by atoms with Gasteiger partial charge in [0.25, 0.3) is 5.91 Å². The Labute approximate surface area is 215 Å². The number of hydrogen-bond acceptors (Lipinski definition) is 4. The quantitative estimate of drug-likeness (QED) is 0.518. The molecule has 3 aromatic carbocycles. The molecule has 0 saturated carbocycles. The summed E-state index contributed by atoms with van der Waals surface area (Å²) in [5, 5.41) is 0. The summed E-state index contributed by atoms with van der Waals surface area (Å²) in [6.07, 6.45) is 0. The molecule has 2 heterocycles. The number of benzene rings is 3. The average Bonchev–Trinajstić information content (AvgIpc) is 2.91. The molecule has 0 spiro atoms. The standard InChI is InChI=1S/C31H38N4O/c1-24-12-13-27(23-32-14-16-33(17-15-32)29-10-6-4-8-25(29)2)22-28(24)31(36)35-20-18-34(19-21-35)30-11-7-5-9-26(30)3/h4-13,22H,14-21,23H2,1-3H3. The van der Waals surface area contributed by atoms with Gasteiger partial charge in [0, 0.05) is 75.8 Å². The van der Waals surface area contributed by atoms with Crippen molar-refractivity contribution in [2.24, 2.45) is 0 Å². The van der Waals surface area contributed by atoms with Crippen LogP contribution in [0.5, 0.6) is 0 Å². The van der Waals surface area contributed by atoms with Crippen molar-refractivity contribution < 1.29 is 4.79 Å². The fourth-order valence-electron chi connectivity index (χ4n) is 5.56. The maximum Gasteiger partial charge on any atom is 0.254 e. The molecular weight excluding hydrogens is 444 g/mol. The Balaban J connectivity index is 1.19. The van der Waals surface area contributed by atoms with Crippen LogP contribution < -0.4 is 9.80 Å². The number of anilines is 2. The highest BCUT2D eigenvalue weighted by atomic mass is 16.2. The maximum atomic E-state index is 13.5. The number of para-hydroxylation sites is 2. The van der Waals surface area contributed by atoms with Gasteiger partial charge in [0.05, 0.1) is 0 Å². The number of carbonyl (C=O) groups is 1. The summed E-state index contributed by atoms with van der Waals surface area (Å²) in [5.41, 5.74) is 8.41. The molecule has 2 aliphatic rings. The average molecular weight is 483 g/mol. The van der Waals surface area contributed by atoms with E-state index < -0.39 is 0 Å². The predicted molar refractivity (Wildman–Crippen MR) is 149 cm³/mol. The van der Waals surface area contributed by atoms with E-state index in [0.29, 0.717) is 0 Å². The molecule has 0 atom stereocenters. The molecule has 0 N–H and O–H groups in total. The summed E-state index contributed by atoms with van der Waals surface area (Å²) in [5.74, 6) is 0.170. The van der Waals surface area contributed by atoms with E-state index in [1.807, 2.05) is 4.90 Å². The Morgan fingerprint density at radius 3 is 1.72 bits per heavy atom. The zero-order chi connectivity index (χ0) is 25.1. The van der Waals surface area contributed by atoms with Crippen LogP contribution in [0.2, 0.25) is 0 Å². The molecule has 0 unspecified atom stereocenters. The van der Waals surface area contributed by atoms with Crippen molar-refractivity contribution in [1.29, 1.82) is 0 Å². The van der Waals surface area contributed by atoms with E-state index >= 15 is 0 Å². The predicted octanol–water partition coefficient (Wildman–Crippen LogP) is 4.90. The van der Waals surface area contributed by atoms with Crippen LogP contribution in [0.3, 0.4) is 0 Å². The lowest BCUT2D eigenvalue weighted by Crippen LogP contribution is -2.49. The first-order valence-corrected chi connectivity index (χ1v) is 13.2. The maximum absolute atomic E-state index is 13.5. The molecule has 0 aromatic heterocycles. The first-order valence-electron chi connectivity index (χ1n) is 13.2. The van der Waals surface area contributed by atoms with Crippen LogP contribution in [0, 0.1) is 20.8 Å². The van der Waals surface area contributed by atoms with Crippen LogP contribution in [0.25, 0.3) is 0 Å². The zero-order valence-electron chi connectivity index (χ0n) is 21.9. The van der Waals surface area contributed by atoms with Crippen LogP contribution in [0.15, 0.2) is 66.7 Å². The first kappa shape index (κ1) is 24.4. The molecule has 5 rings (SSSR count). The second kappa shape index (κ2) is 10.8. The van der Waals surface area contributed by atoms with Gasteiger partial charge >= 0.3 is 0 Å². The van der Waals surface area contributed by atoms with Crippen molar-refractivity contribution in [3.63, 3.8) is 0 Å². The van der Waals surface area contributed by atoms with Gasteiger partial charge in [0.2, 0.25) is 0 Å². The summed E-state index contributed by atoms with van der Waals surface area (Å²) in [6, 6.07) is 23.6. The lowest BCUT2D eigenvalue weighted by Gasteiger charge is -2.37. The van der Waals surface area contributed by atoms with Gasteiger partial charge in [0.15, 0.2) is 0 Å². The molecule has 5 nitrogen and oxygen atoms in total. The van der Waals surface area contributed by atoms with Gasteiger partial charge in [-0.2, -0.15) is 0 Å². The summed E-state index contributed by atoms with van der Waals surface area (Å²) >= 11 is 0. The van der Waals surface area contributed by atoms with E-state index in [2.05, 4.69) is 102 Å². The van der Waals surface area contributed by atoms with Gasteiger partial charge in [-0.05, 0) is 61.2 Å². The number of hydrogen-bond donors (Lipinski definition) is 0. The first-order chi connectivity index (χ1) is 17.5. The number of amides is 1. The molecule has 5 heteroatoms. The summed E-state index contributed by atoms with van der Waals surface area (Å²) in [6.45, 7) is 14.7. The van der Waals surface area contributed by atoms with Crippen molar-refractivity contribution in [3.8, 4) is 0 Å². The van der Waals surface area contributed by atoms with E-state index in [0.717, 1.165) is 70.0 Å². The third-order valence-electron chi connectivity index (χ3n) is 7.79. The van der Waals surface area contributed by atoms with E-state index in [-0.39, 0.29) is 5.91 Å². The van der Waals surface area contributed by atoms with Crippen molar-refractivity contribution in [2.45, 2.75) is 27.3 Å². The molecule has 2 aliphatic heterocycles. The van der Waals surface area contributed by atoms with Crippen molar-refractivity contribution in [3.05, 3.63) is 94.5 Å². The van der Waals surface area contributed by atoms with Crippen LogP contribution in [0.4, 0.5) is 11.4 Å². The largest absolute Gasteiger partial charge is 0.369 e. The molecule has 0 bridgehead atoms. The highest BCUT2D eigenvalue weighted by Gasteiger charge is 2.25. The molecular formula is C31H38N4O. The Bertz CT molecular complexity index is 1210. The van der Waals surface area contributed by atoms with Gasteiger partial charge in [-0.3, -0.25) is 9.69 Å². The summed E-state index contributed by atoms with van der Waals surface area (Å²) < 4.78 is 0. The molecule has 3 aromatic rings. The van der Waals surface area contributed by atoms with Gasteiger partial charge < -0.3 is 14.7 Å².